The average Bonchev–Trinajstić information content (AvgIpc) is 2.97. The van der Waals surface area contributed by atoms with Gasteiger partial charge in [0.25, 0.3) is 0 Å². The highest BCUT2D eigenvalue weighted by Crippen LogP contribution is 2.40. The van der Waals surface area contributed by atoms with Crippen LogP contribution in [0.2, 0.25) is 0 Å². The van der Waals surface area contributed by atoms with E-state index in [9.17, 15) is 14.7 Å². The van der Waals surface area contributed by atoms with Crippen LogP contribution in [0.15, 0.2) is 51.6 Å². The number of allylic oxidation sites excluding steroid dienone is 4. The fourth-order valence-electron chi connectivity index (χ4n) is 2.55. The van der Waals surface area contributed by atoms with Gasteiger partial charge in [-0.3, -0.25) is 9.59 Å². The molecule has 116 valence electrons. The van der Waals surface area contributed by atoms with Gasteiger partial charge in [0.2, 0.25) is 0 Å². The molecule has 0 saturated heterocycles. The van der Waals surface area contributed by atoms with E-state index in [0.717, 1.165) is 0 Å². The molecule has 1 aromatic rings. The number of aliphatic hydroxyl groups is 1. The van der Waals surface area contributed by atoms with Gasteiger partial charge in [-0.25, -0.2) is 0 Å². The first-order valence-corrected chi connectivity index (χ1v) is 6.80. The highest BCUT2D eigenvalue weighted by molar-refractivity contribution is 6.28. The normalized spacial score (nSPS) is 18.3. The number of aliphatic hydroxyl groups excluding tert-OH is 1. The molecule has 0 spiro atoms. The summed E-state index contributed by atoms with van der Waals surface area (Å²) in [6.45, 7) is 4.94. The van der Waals surface area contributed by atoms with Crippen molar-refractivity contribution in [3.63, 3.8) is 0 Å². The molecule has 0 unspecified atom stereocenters. The van der Waals surface area contributed by atoms with Gasteiger partial charge < -0.3 is 14.3 Å². The van der Waals surface area contributed by atoms with Gasteiger partial charge in [-0.15, -0.1) is 0 Å². The van der Waals surface area contributed by atoms with Gasteiger partial charge in [0.05, 0.1) is 18.8 Å². The summed E-state index contributed by atoms with van der Waals surface area (Å²) in [5.41, 5.74) is -0.845. The number of rotatable bonds is 4. The maximum Gasteiger partial charge on any atom is 0.193 e. The first kappa shape index (κ1) is 15.8. The Kier molecular flexibility index (Phi) is 4.08. The van der Waals surface area contributed by atoms with Gasteiger partial charge in [-0.2, -0.15) is 0 Å². The second kappa shape index (κ2) is 5.67. The van der Waals surface area contributed by atoms with Gasteiger partial charge in [0, 0.05) is 5.57 Å². The summed E-state index contributed by atoms with van der Waals surface area (Å²) < 4.78 is 10.3. The minimum Gasteiger partial charge on any atom is -0.507 e. The van der Waals surface area contributed by atoms with Crippen molar-refractivity contribution >= 4 is 17.6 Å². The maximum atomic E-state index is 12.6. The molecule has 0 aliphatic heterocycles. The fraction of sp³-hybridized carbons (Fsp3) is 0.294. The van der Waals surface area contributed by atoms with Crippen molar-refractivity contribution < 1.29 is 23.8 Å². The zero-order valence-corrected chi connectivity index (χ0v) is 13.0. The Labute approximate surface area is 128 Å². The number of hydrogen-bond donors (Lipinski definition) is 1. The van der Waals surface area contributed by atoms with E-state index in [4.69, 9.17) is 9.15 Å². The van der Waals surface area contributed by atoms with Gasteiger partial charge in [0.15, 0.2) is 11.6 Å². The summed E-state index contributed by atoms with van der Waals surface area (Å²) in [5.74, 6) is -0.527. The Morgan fingerprint density at radius 1 is 1.41 bits per heavy atom. The molecule has 0 aromatic carbocycles. The predicted octanol–water partition coefficient (Wildman–Crippen LogP) is 3.20. The number of ether oxygens (including phenoxy) is 1. The number of carbonyl (C=O) groups is 2. The van der Waals surface area contributed by atoms with Crippen LogP contribution in [-0.4, -0.2) is 23.8 Å². The number of carbonyl (C=O) groups excluding carboxylic acids is 2. The molecule has 1 aromatic heterocycles. The van der Waals surface area contributed by atoms with Crippen LogP contribution in [-0.2, 0) is 14.3 Å². The largest absolute Gasteiger partial charge is 0.507 e. The van der Waals surface area contributed by atoms with Gasteiger partial charge >= 0.3 is 0 Å². The molecule has 0 amide bonds. The smallest absolute Gasteiger partial charge is 0.193 e. The molecule has 2 rings (SSSR count). The number of furan rings is 1. The molecule has 0 radical (unpaired) electrons. The van der Waals surface area contributed by atoms with Crippen molar-refractivity contribution in [1.29, 1.82) is 0 Å². The van der Waals surface area contributed by atoms with Crippen molar-refractivity contribution in [3.8, 4) is 0 Å². The molecule has 1 N–H and O–H groups in total. The summed E-state index contributed by atoms with van der Waals surface area (Å²) in [7, 11) is 1.44. The molecular weight excluding hydrogens is 284 g/mol. The van der Waals surface area contributed by atoms with Crippen molar-refractivity contribution in [2.45, 2.75) is 20.8 Å². The maximum absolute atomic E-state index is 12.6. The first-order chi connectivity index (χ1) is 10.3. The quantitative estimate of drug-likeness (QED) is 0.682. The summed E-state index contributed by atoms with van der Waals surface area (Å²) in [6.07, 6.45) is 4.14. The summed E-state index contributed by atoms with van der Waals surface area (Å²) in [5, 5.41) is 10.2. The Morgan fingerprint density at radius 3 is 2.64 bits per heavy atom. The second-order valence-corrected chi connectivity index (χ2v) is 5.55. The molecule has 0 bridgehead atoms. The molecule has 1 heterocycles. The van der Waals surface area contributed by atoms with E-state index in [1.54, 1.807) is 32.9 Å². The molecule has 0 saturated carbocycles. The number of ketones is 2. The monoisotopic (exact) mass is 302 g/mol. The van der Waals surface area contributed by atoms with Crippen LogP contribution in [0.4, 0.5) is 0 Å². The second-order valence-electron chi connectivity index (χ2n) is 5.55. The lowest BCUT2D eigenvalue weighted by Gasteiger charge is -2.31. The van der Waals surface area contributed by atoms with Crippen LogP contribution in [0.5, 0.6) is 0 Å². The van der Waals surface area contributed by atoms with Crippen molar-refractivity contribution in [1.82, 2.24) is 0 Å². The minimum absolute atomic E-state index is 0.230. The van der Waals surface area contributed by atoms with Gasteiger partial charge in [-0.05, 0) is 45.1 Å². The van der Waals surface area contributed by atoms with E-state index in [-0.39, 0.29) is 11.3 Å². The molecule has 1 aliphatic rings. The Morgan fingerprint density at radius 2 is 2.09 bits per heavy atom. The number of Topliss-reactive ketones (excluding diaryl/α,β-unsaturated/α-hetero) is 1. The van der Waals surface area contributed by atoms with Crippen LogP contribution >= 0.6 is 0 Å². The van der Waals surface area contributed by atoms with Crippen LogP contribution in [0.25, 0.3) is 6.08 Å². The zero-order chi connectivity index (χ0) is 16.5. The lowest BCUT2D eigenvalue weighted by molar-refractivity contribution is -0.126. The van der Waals surface area contributed by atoms with Gasteiger partial charge in [0.1, 0.15) is 22.9 Å². The molecular formula is C17H18O5. The van der Waals surface area contributed by atoms with E-state index in [2.05, 4.69) is 0 Å². The van der Waals surface area contributed by atoms with Crippen molar-refractivity contribution in [3.05, 3.63) is 52.9 Å². The summed E-state index contributed by atoms with van der Waals surface area (Å²) in [6, 6.07) is 3.37. The van der Waals surface area contributed by atoms with E-state index in [0.29, 0.717) is 17.1 Å². The number of methoxy groups -OCH3 is 1. The number of hydrogen-bond acceptors (Lipinski definition) is 5. The third-order valence-corrected chi connectivity index (χ3v) is 3.69. The highest BCUT2D eigenvalue weighted by Gasteiger charge is 2.44. The lowest BCUT2D eigenvalue weighted by atomic mass is 9.74. The van der Waals surface area contributed by atoms with Crippen LogP contribution in [0.1, 0.15) is 26.5 Å². The van der Waals surface area contributed by atoms with E-state index in [1.807, 2.05) is 0 Å². The highest BCUT2D eigenvalue weighted by atomic mass is 16.5. The predicted molar refractivity (Wildman–Crippen MR) is 80.9 cm³/mol. The molecule has 1 aliphatic carbocycles. The zero-order valence-electron chi connectivity index (χ0n) is 13.0. The van der Waals surface area contributed by atoms with Crippen LogP contribution in [0.3, 0.4) is 0 Å². The van der Waals surface area contributed by atoms with Gasteiger partial charge in [-0.1, -0.05) is 0 Å². The standard InChI is InChI=1S/C17H18O5/c1-10-14(19)13(15(20)17(2,3)16(10)21-4)12(18)8-7-11-6-5-9-22-11/h5-9,19H,1-4H3/b8-7+. The molecule has 0 fully saturated rings. The Balaban J connectivity index is 2.44. The first-order valence-electron chi connectivity index (χ1n) is 6.80. The van der Waals surface area contributed by atoms with Crippen molar-refractivity contribution in [2.75, 3.05) is 7.11 Å². The third kappa shape index (κ3) is 2.50. The Bertz CT molecular complexity index is 699. The van der Waals surface area contributed by atoms with Crippen LogP contribution in [0, 0.1) is 5.41 Å². The summed E-state index contributed by atoms with van der Waals surface area (Å²) in [4.78, 5) is 24.9. The lowest BCUT2D eigenvalue weighted by Crippen LogP contribution is -2.36. The van der Waals surface area contributed by atoms with Crippen LogP contribution < -0.4 is 0 Å². The Hall–Kier alpha value is -2.56. The van der Waals surface area contributed by atoms with Crippen molar-refractivity contribution in [2.24, 2.45) is 5.41 Å². The van der Waals surface area contributed by atoms with E-state index >= 15 is 0 Å². The van der Waals surface area contributed by atoms with E-state index < -0.39 is 17.0 Å². The SMILES string of the molecule is COC1=C(C)C(O)=C(C(=O)/C=C/c2ccco2)C(=O)C1(C)C. The third-order valence-electron chi connectivity index (χ3n) is 3.69. The molecule has 22 heavy (non-hydrogen) atoms. The van der Waals surface area contributed by atoms with E-state index in [1.165, 1.54) is 25.5 Å². The molecule has 5 nitrogen and oxygen atoms in total. The summed E-state index contributed by atoms with van der Waals surface area (Å²) >= 11 is 0. The fourth-order valence-corrected chi connectivity index (χ4v) is 2.55. The molecule has 0 atom stereocenters. The average molecular weight is 302 g/mol. The molecule has 5 heteroatoms. The topological polar surface area (TPSA) is 76.7 Å². The minimum atomic E-state index is -1.01.